The van der Waals surface area contributed by atoms with E-state index in [0.717, 1.165) is 37.5 Å². The Bertz CT molecular complexity index is 1200. The number of fused-ring (bicyclic) bond motifs is 1. The largest absolute Gasteiger partial charge is 0.494 e. The van der Waals surface area contributed by atoms with Crippen molar-refractivity contribution in [1.29, 1.82) is 0 Å². The Kier molecular flexibility index (Phi) is 6.43. The molecule has 1 aromatic heterocycles. The fourth-order valence-corrected chi connectivity index (χ4v) is 5.96. The highest BCUT2D eigenvalue weighted by atomic mass is 32.2. The number of benzene rings is 2. The first-order valence-electron chi connectivity index (χ1n) is 10.8. The number of pyridine rings is 1. The predicted molar refractivity (Wildman–Crippen MR) is 122 cm³/mol. The number of aromatic nitrogens is 1. The SMILES string of the molecule is CCOc1ccc2[nH]c(=O)c(CN(C3CCCCC3)S(=O)(=O)c3ccccc3)cc2c1. The number of rotatable bonds is 7. The smallest absolute Gasteiger partial charge is 0.252 e. The van der Waals surface area contributed by atoms with Gasteiger partial charge >= 0.3 is 0 Å². The lowest BCUT2D eigenvalue weighted by Crippen LogP contribution is -2.42. The summed E-state index contributed by atoms with van der Waals surface area (Å²) in [4.78, 5) is 16.0. The van der Waals surface area contributed by atoms with Crippen LogP contribution in [0.3, 0.4) is 0 Å². The van der Waals surface area contributed by atoms with Crippen LogP contribution in [0.5, 0.6) is 5.75 Å². The molecule has 1 aliphatic carbocycles. The van der Waals surface area contributed by atoms with E-state index >= 15 is 0 Å². The van der Waals surface area contributed by atoms with Crippen LogP contribution in [0.25, 0.3) is 10.9 Å². The highest BCUT2D eigenvalue weighted by Crippen LogP contribution is 2.29. The van der Waals surface area contributed by atoms with Crippen LogP contribution in [0.15, 0.2) is 64.3 Å². The summed E-state index contributed by atoms with van der Waals surface area (Å²) < 4.78 is 34.2. The standard InChI is InChI=1S/C24H28N2O4S/c1-2-30-21-13-14-23-18(16-21)15-19(24(27)25-23)17-26(20-9-5-3-6-10-20)31(28,29)22-11-7-4-8-12-22/h4,7-8,11-16,20H,2-3,5-6,9-10,17H2,1H3,(H,25,27). The summed E-state index contributed by atoms with van der Waals surface area (Å²) in [5.41, 5.74) is 0.874. The molecule has 0 aliphatic heterocycles. The molecule has 0 saturated heterocycles. The average Bonchev–Trinajstić information content (AvgIpc) is 2.79. The first-order chi connectivity index (χ1) is 15.0. The van der Waals surface area contributed by atoms with Gasteiger partial charge in [0, 0.05) is 29.1 Å². The number of nitrogens with one attached hydrogen (secondary N) is 1. The quantitative estimate of drug-likeness (QED) is 0.589. The van der Waals surface area contributed by atoms with E-state index < -0.39 is 10.0 Å². The number of H-pyrrole nitrogens is 1. The van der Waals surface area contributed by atoms with E-state index in [2.05, 4.69) is 4.98 Å². The maximum Gasteiger partial charge on any atom is 0.252 e. The minimum atomic E-state index is -3.73. The van der Waals surface area contributed by atoms with Crippen molar-refractivity contribution in [2.45, 2.75) is 56.5 Å². The van der Waals surface area contributed by atoms with E-state index in [4.69, 9.17) is 4.74 Å². The maximum absolute atomic E-state index is 13.5. The lowest BCUT2D eigenvalue weighted by molar-refractivity contribution is 0.247. The van der Waals surface area contributed by atoms with Gasteiger partial charge in [0.2, 0.25) is 10.0 Å². The molecular formula is C24H28N2O4S. The minimum Gasteiger partial charge on any atom is -0.494 e. The molecule has 1 fully saturated rings. The van der Waals surface area contributed by atoms with Gasteiger partial charge in [-0.25, -0.2) is 8.42 Å². The van der Waals surface area contributed by atoms with E-state index in [1.807, 2.05) is 25.1 Å². The van der Waals surface area contributed by atoms with Crippen LogP contribution < -0.4 is 10.3 Å². The Morgan fingerprint density at radius 3 is 2.48 bits per heavy atom. The molecular weight excluding hydrogens is 412 g/mol. The third-order valence-electron chi connectivity index (χ3n) is 5.86. The van der Waals surface area contributed by atoms with Gasteiger partial charge in [0.25, 0.3) is 5.56 Å². The molecule has 1 saturated carbocycles. The van der Waals surface area contributed by atoms with Crippen LogP contribution >= 0.6 is 0 Å². The van der Waals surface area contributed by atoms with Crippen LogP contribution in [-0.4, -0.2) is 30.4 Å². The van der Waals surface area contributed by atoms with Gasteiger partial charge < -0.3 is 9.72 Å². The van der Waals surface area contributed by atoms with Crippen molar-refractivity contribution in [3.05, 3.63) is 70.5 Å². The third kappa shape index (κ3) is 4.67. The monoisotopic (exact) mass is 440 g/mol. The molecule has 3 aromatic rings. The second-order valence-corrected chi connectivity index (χ2v) is 9.85. The van der Waals surface area contributed by atoms with Crippen molar-refractivity contribution < 1.29 is 13.2 Å². The molecule has 0 amide bonds. The molecule has 0 atom stereocenters. The van der Waals surface area contributed by atoms with Crippen LogP contribution in [0.4, 0.5) is 0 Å². The number of hydrogen-bond acceptors (Lipinski definition) is 4. The lowest BCUT2D eigenvalue weighted by Gasteiger charge is -2.33. The van der Waals surface area contributed by atoms with Gasteiger partial charge in [0.15, 0.2) is 0 Å². The van der Waals surface area contributed by atoms with Gasteiger partial charge in [-0.2, -0.15) is 4.31 Å². The van der Waals surface area contributed by atoms with Crippen LogP contribution in [0.1, 0.15) is 44.6 Å². The molecule has 1 heterocycles. The third-order valence-corrected chi connectivity index (χ3v) is 7.77. The number of ether oxygens (including phenoxy) is 1. The van der Waals surface area contributed by atoms with E-state index in [9.17, 15) is 13.2 Å². The molecule has 6 nitrogen and oxygen atoms in total. The normalized spacial score (nSPS) is 15.4. The first-order valence-corrected chi connectivity index (χ1v) is 12.3. The van der Waals surface area contributed by atoms with Crippen molar-refractivity contribution >= 4 is 20.9 Å². The second kappa shape index (κ2) is 9.24. The zero-order chi connectivity index (χ0) is 21.8. The first kappa shape index (κ1) is 21.6. The van der Waals surface area contributed by atoms with Gasteiger partial charge in [-0.15, -0.1) is 0 Å². The molecule has 2 aromatic carbocycles. The summed E-state index contributed by atoms with van der Waals surface area (Å²) in [6, 6.07) is 15.7. The van der Waals surface area contributed by atoms with E-state index in [1.54, 1.807) is 36.4 Å². The fourth-order valence-electron chi connectivity index (χ4n) is 4.28. The number of hydrogen-bond donors (Lipinski definition) is 1. The highest BCUT2D eigenvalue weighted by molar-refractivity contribution is 7.89. The zero-order valence-electron chi connectivity index (χ0n) is 17.7. The van der Waals surface area contributed by atoms with E-state index in [0.29, 0.717) is 23.4 Å². The van der Waals surface area contributed by atoms with Gasteiger partial charge in [-0.1, -0.05) is 37.5 Å². The summed E-state index contributed by atoms with van der Waals surface area (Å²) >= 11 is 0. The Hall–Kier alpha value is -2.64. The summed E-state index contributed by atoms with van der Waals surface area (Å²) in [6.07, 6.45) is 4.74. The van der Waals surface area contributed by atoms with Crippen molar-refractivity contribution in [3.63, 3.8) is 0 Å². The van der Waals surface area contributed by atoms with Crippen molar-refractivity contribution in [2.24, 2.45) is 0 Å². The molecule has 1 aliphatic rings. The summed E-state index contributed by atoms with van der Waals surface area (Å²) in [5.74, 6) is 0.717. The Morgan fingerprint density at radius 2 is 1.77 bits per heavy atom. The summed E-state index contributed by atoms with van der Waals surface area (Å²) in [6.45, 7) is 2.51. The van der Waals surface area contributed by atoms with Crippen molar-refractivity contribution in [1.82, 2.24) is 9.29 Å². The Morgan fingerprint density at radius 1 is 1.03 bits per heavy atom. The summed E-state index contributed by atoms with van der Waals surface area (Å²) in [7, 11) is -3.73. The molecule has 0 radical (unpaired) electrons. The van der Waals surface area contributed by atoms with Crippen molar-refractivity contribution in [2.75, 3.05) is 6.61 Å². The molecule has 0 spiro atoms. The average molecular weight is 441 g/mol. The van der Waals surface area contributed by atoms with Crippen LogP contribution in [0, 0.1) is 0 Å². The van der Waals surface area contributed by atoms with Gasteiger partial charge in [0.1, 0.15) is 5.75 Å². The van der Waals surface area contributed by atoms with Crippen LogP contribution in [0.2, 0.25) is 0 Å². The fraction of sp³-hybridized carbons (Fsp3) is 0.375. The number of nitrogens with zero attached hydrogens (tertiary/aromatic N) is 1. The number of aromatic amines is 1. The summed E-state index contributed by atoms with van der Waals surface area (Å²) in [5, 5.41) is 0.821. The van der Waals surface area contributed by atoms with E-state index in [-0.39, 0.29) is 23.0 Å². The molecule has 0 unspecified atom stereocenters. The van der Waals surface area contributed by atoms with Crippen molar-refractivity contribution in [3.8, 4) is 5.75 Å². The lowest BCUT2D eigenvalue weighted by atomic mass is 9.95. The molecule has 1 N–H and O–H groups in total. The highest BCUT2D eigenvalue weighted by Gasteiger charge is 2.33. The number of sulfonamides is 1. The molecule has 164 valence electrons. The maximum atomic E-state index is 13.5. The minimum absolute atomic E-state index is 0.0476. The zero-order valence-corrected chi connectivity index (χ0v) is 18.5. The predicted octanol–water partition coefficient (Wildman–Crippen LogP) is 4.45. The van der Waals surface area contributed by atoms with Gasteiger partial charge in [-0.3, -0.25) is 4.79 Å². The Balaban J connectivity index is 1.75. The Labute approximate surface area is 182 Å². The second-order valence-electron chi connectivity index (χ2n) is 7.96. The molecule has 7 heteroatoms. The van der Waals surface area contributed by atoms with Crippen LogP contribution in [-0.2, 0) is 16.6 Å². The van der Waals surface area contributed by atoms with E-state index in [1.165, 1.54) is 4.31 Å². The molecule has 31 heavy (non-hydrogen) atoms. The topological polar surface area (TPSA) is 79.5 Å². The molecule has 4 rings (SSSR count). The molecule has 0 bridgehead atoms. The van der Waals surface area contributed by atoms with Gasteiger partial charge in [0.05, 0.1) is 11.5 Å². The van der Waals surface area contributed by atoms with Gasteiger partial charge in [-0.05, 0) is 56.2 Å².